The molecule has 1 atom stereocenters. The highest BCUT2D eigenvalue weighted by molar-refractivity contribution is 8.00. The van der Waals surface area contributed by atoms with Crippen LogP contribution < -0.4 is 15.6 Å². The summed E-state index contributed by atoms with van der Waals surface area (Å²) >= 11 is 2.85. The minimum Gasteiger partial charge on any atom is -0.497 e. The number of carbonyl (C=O) groups is 1. The number of anilines is 1. The van der Waals surface area contributed by atoms with Gasteiger partial charge in [-0.1, -0.05) is 31.2 Å². The molecule has 1 unspecified atom stereocenters. The van der Waals surface area contributed by atoms with E-state index in [-0.39, 0.29) is 11.5 Å². The first kappa shape index (κ1) is 22.4. The molecule has 1 aromatic carbocycles. The summed E-state index contributed by atoms with van der Waals surface area (Å²) in [7, 11) is 1.59. The molecule has 2 aromatic heterocycles. The van der Waals surface area contributed by atoms with Gasteiger partial charge >= 0.3 is 0 Å². The number of amides is 1. The van der Waals surface area contributed by atoms with Crippen molar-refractivity contribution in [3.05, 3.63) is 45.1 Å². The van der Waals surface area contributed by atoms with E-state index in [9.17, 15) is 9.59 Å². The summed E-state index contributed by atoms with van der Waals surface area (Å²) < 4.78 is 6.94. The monoisotopic (exact) mass is 445 g/mol. The minimum atomic E-state index is -0.421. The van der Waals surface area contributed by atoms with E-state index in [1.807, 2.05) is 39.0 Å². The van der Waals surface area contributed by atoms with E-state index in [4.69, 9.17) is 9.72 Å². The van der Waals surface area contributed by atoms with E-state index < -0.39 is 5.25 Å². The Kier molecular flexibility index (Phi) is 7.20. The Labute approximate surface area is 184 Å². The lowest BCUT2D eigenvalue weighted by Crippen LogP contribution is -2.27. The number of thioether (sulfide) groups is 1. The van der Waals surface area contributed by atoms with Crippen LogP contribution in [0, 0.1) is 13.8 Å². The van der Waals surface area contributed by atoms with Crippen LogP contribution in [-0.2, 0) is 11.3 Å². The molecule has 0 aliphatic rings. The zero-order valence-corrected chi connectivity index (χ0v) is 19.6. The van der Waals surface area contributed by atoms with Crippen molar-refractivity contribution in [2.45, 2.75) is 57.5 Å². The van der Waals surface area contributed by atoms with Crippen LogP contribution in [0.25, 0.3) is 10.2 Å². The van der Waals surface area contributed by atoms with Gasteiger partial charge in [-0.25, -0.2) is 4.98 Å². The molecule has 3 aromatic rings. The Bertz CT molecular complexity index is 1120. The number of methoxy groups -OCH3 is 1. The standard InChI is InChI=1S/C22H27N3O3S2/c1-6-7-11-25-21(27)18-13(2)14(3)29-20(18)24-22(25)30-15(4)19(26)23-16-9-8-10-17(12-16)28-5/h8-10,12,15H,6-7,11H2,1-5H3,(H,23,26). The molecule has 0 aliphatic heterocycles. The van der Waals surface area contributed by atoms with Crippen LogP contribution in [0.15, 0.2) is 34.2 Å². The summed E-state index contributed by atoms with van der Waals surface area (Å²) in [6.07, 6.45) is 1.86. The summed E-state index contributed by atoms with van der Waals surface area (Å²) in [6.45, 7) is 8.49. The largest absolute Gasteiger partial charge is 0.497 e. The highest BCUT2D eigenvalue weighted by atomic mass is 32.2. The Morgan fingerprint density at radius 3 is 2.83 bits per heavy atom. The number of benzene rings is 1. The lowest BCUT2D eigenvalue weighted by Gasteiger charge is -2.16. The SMILES string of the molecule is CCCCn1c(SC(C)C(=O)Nc2cccc(OC)c2)nc2sc(C)c(C)c2c1=O. The Hall–Kier alpha value is -2.32. The molecule has 0 saturated carbocycles. The number of nitrogens with one attached hydrogen (secondary N) is 1. The van der Waals surface area contributed by atoms with Crippen LogP contribution >= 0.6 is 23.1 Å². The van der Waals surface area contributed by atoms with E-state index in [1.165, 1.54) is 23.1 Å². The Morgan fingerprint density at radius 1 is 1.37 bits per heavy atom. The number of ether oxygens (including phenoxy) is 1. The van der Waals surface area contributed by atoms with Crippen molar-refractivity contribution in [3.8, 4) is 5.75 Å². The van der Waals surface area contributed by atoms with Crippen molar-refractivity contribution in [1.29, 1.82) is 0 Å². The van der Waals surface area contributed by atoms with Gasteiger partial charge in [0.2, 0.25) is 5.91 Å². The van der Waals surface area contributed by atoms with E-state index in [0.29, 0.717) is 28.5 Å². The van der Waals surface area contributed by atoms with Crippen LogP contribution in [-0.4, -0.2) is 27.8 Å². The molecular weight excluding hydrogens is 418 g/mol. The van der Waals surface area contributed by atoms with Crippen molar-refractivity contribution in [2.75, 3.05) is 12.4 Å². The van der Waals surface area contributed by atoms with E-state index in [2.05, 4.69) is 12.2 Å². The number of nitrogens with zero attached hydrogens (tertiary/aromatic N) is 2. The molecule has 0 bridgehead atoms. The maximum atomic E-state index is 13.2. The van der Waals surface area contributed by atoms with Gasteiger partial charge in [0.15, 0.2) is 5.16 Å². The molecule has 0 spiro atoms. The molecule has 8 heteroatoms. The van der Waals surface area contributed by atoms with E-state index >= 15 is 0 Å². The van der Waals surface area contributed by atoms with Gasteiger partial charge in [0.25, 0.3) is 5.56 Å². The van der Waals surface area contributed by atoms with E-state index in [1.54, 1.807) is 17.7 Å². The predicted molar refractivity (Wildman–Crippen MR) is 125 cm³/mol. The summed E-state index contributed by atoms with van der Waals surface area (Å²) in [5.41, 5.74) is 1.65. The van der Waals surface area contributed by atoms with Gasteiger partial charge in [-0.3, -0.25) is 14.2 Å². The second-order valence-corrected chi connectivity index (χ2v) is 9.66. The first-order chi connectivity index (χ1) is 14.3. The molecule has 0 aliphatic carbocycles. The molecule has 0 saturated heterocycles. The Morgan fingerprint density at radius 2 is 2.13 bits per heavy atom. The average molecular weight is 446 g/mol. The van der Waals surface area contributed by atoms with Gasteiger partial charge in [0.05, 0.1) is 17.7 Å². The second-order valence-electron chi connectivity index (χ2n) is 7.15. The highest BCUT2D eigenvalue weighted by Crippen LogP contribution is 2.30. The molecule has 160 valence electrons. The van der Waals surface area contributed by atoms with Gasteiger partial charge < -0.3 is 10.1 Å². The van der Waals surface area contributed by atoms with E-state index in [0.717, 1.165) is 28.1 Å². The molecule has 0 radical (unpaired) electrons. The number of aromatic nitrogens is 2. The van der Waals surface area contributed by atoms with Crippen molar-refractivity contribution < 1.29 is 9.53 Å². The molecular formula is C22H27N3O3S2. The molecule has 3 rings (SSSR count). The average Bonchev–Trinajstić information content (AvgIpc) is 3.01. The number of unbranched alkanes of at least 4 members (excludes halogenated alkanes) is 1. The smallest absolute Gasteiger partial charge is 0.263 e. The topological polar surface area (TPSA) is 73.2 Å². The fourth-order valence-electron chi connectivity index (χ4n) is 3.07. The fourth-order valence-corrected chi connectivity index (χ4v) is 5.07. The summed E-state index contributed by atoms with van der Waals surface area (Å²) in [5, 5.41) is 3.78. The van der Waals surface area contributed by atoms with Crippen molar-refractivity contribution in [3.63, 3.8) is 0 Å². The lowest BCUT2D eigenvalue weighted by atomic mass is 10.2. The summed E-state index contributed by atoms with van der Waals surface area (Å²) in [5.74, 6) is 0.528. The van der Waals surface area contributed by atoms with Gasteiger partial charge in [-0.15, -0.1) is 11.3 Å². The fraction of sp³-hybridized carbons (Fsp3) is 0.409. The van der Waals surface area contributed by atoms with Crippen LogP contribution in [0.4, 0.5) is 5.69 Å². The van der Waals surface area contributed by atoms with Gasteiger partial charge in [0.1, 0.15) is 10.6 Å². The number of rotatable bonds is 8. The number of thiophene rings is 1. The molecule has 1 amide bonds. The maximum Gasteiger partial charge on any atom is 0.263 e. The second kappa shape index (κ2) is 9.66. The normalized spacial score (nSPS) is 12.2. The number of aryl methyl sites for hydroxylation is 2. The van der Waals surface area contributed by atoms with Crippen LogP contribution in [0.5, 0.6) is 5.75 Å². The van der Waals surface area contributed by atoms with Crippen molar-refractivity contribution in [2.24, 2.45) is 0 Å². The quantitative estimate of drug-likeness (QED) is 0.390. The number of hydrogen-bond donors (Lipinski definition) is 1. The number of fused-ring (bicyclic) bond motifs is 1. The minimum absolute atomic E-state index is 0.0156. The van der Waals surface area contributed by atoms with Crippen molar-refractivity contribution >= 4 is 44.9 Å². The molecule has 0 fully saturated rings. The maximum absolute atomic E-state index is 13.2. The first-order valence-electron chi connectivity index (χ1n) is 9.97. The first-order valence-corrected chi connectivity index (χ1v) is 11.7. The van der Waals surface area contributed by atoms with Crippen LogP contribution in [0.3, 0.4) is 0 Å². The predicted octanol–water partition coefficient (Wildman–Crippen LogP) is 5.00. The van der Waals surface area contributed by atoms with Gasteiger partial charge in [-0.2, -0.15) is 0 Å². The molecule has 30 heavy (non-hydrogen) atoms. The van der Waals surface area contributed by atoms with Crippen molar-refractivity contribution in [1.82, 2.24) is 9.55 Å². The third kappa shape index (κ3) is 4.70. The van der Waals surface area contributed by atoms with Crippen LogP contribution in [0.2, 0.25) is 0 Å². The highest BCUT2D eigenvalue weighted by Gasteiger charge is 2.21. The molecule has 1 N–H and O–H groups in total. The number of carbonyl (C=O) groups excluding carboxylic acids is 1. The van der Waals surface area contributed by atoms with Gasteiger partial charge in [0, 0.05) is 23.2 Å². The third-order valence-corrected chi connectivity index (χ3v) is 7.17. The summed E-state index contributed by atoms with van der Waals surface area (Å²) in [6, 6.07) is 7.24. The van der Waals surface area contributed by atoms with Gasteiger partial charge in [-0.05, 0) is 44.9 Å². The zero-order chi connectivity index (χ0) is 21.8. The van der Waals surface area contributed by atoms with Crippen LogP contribution in [0.1, 0.15) is 37.1 Å². The zero-order valence-electron chi connectivity index (χ0n) is 17.9. The lowest BCUT2D eigenvalue weighted by molar-refractivity contribution is -0.115. The third-order valence-electron chi connectivity index (χ3n) is 4.98. The molecule has 6 nitrogen and oxygen atoms in total. The number of hydrogen-bond acceptors (Lipinski definition) is 6. The summed E-state index contributed by atoms with van der Waals surface area (Å²) in [4.78, 5) is 32.6. The Balaban J connectivity index is 1.89. The molecule has 2 heterocycles.